The maximum Gasteiger partial charge on any atom is 0.416 e. The Bertz CT molecular complexity index is 1350. The summed E-state index contributed by atoms with van der Waals surface area (Å²) in [4.78, 5) is 2.95. The minimum absolute atomic E-state index is 0.0740. The van der Waals surface area contributed by atoms with Gasteiger partial charge in [0.05, 0.1) is 5.56 Å². The predicted octanol–water partition coefficient (Wildman–Crippen LogP) is 9.01. The Labute approximate surface area is 242 Å². The average Bonchev–Trinajstić information content (AvgIpc) is 2.88. The predicted molar refractivity (Wildman–Crippen MR) is 180 cm³/mol. The van der Waals surface area contributed by atoms with Crippen LogP contribution in [0.5, 0.6) is 0 Å². The van der Waals surface area contributed by atoms with Gasteiger partial charge in [-0.05, 0) is 60.6 Å². The van der Waals surface area contributed by atoms with Gasteiger partial charge in [-0.3, -0.25) is 4.72 Å². The summed E-state index contributed by atoms with van der Waals surface area (Å²) in [5, 5.41) is 0. The molecule has 3 rings (SSSR count). The van der Waals surface area contributed by atoms with Gasteiger partial charge in [-0.15, -0.1) is 0 Å². The van der Waals surface area contributed by atoms with E-state index >= 15 is 0 Å². The molecule has 1 aliphatic rings. The fourth-order valence-corrected chi connectivity index (χ4v) is 8.24. The summed E-state index contributed by atoms with van der Waals surface area (Å²) in [7, 11) is -3.43. The zero-order chi connectivity index (χ0) is 30.5. The molecule has 0 aliphatic carbocycles. The third-order valence-corrected chi connectivity index (χ3v) is 12.2. The molecule has 0 aromatic heterocycles. The van der Waals surface area contributed by atoms with E-state index in [4.69, 9.17) is 0 Å². The van der Waals surface area contributed by atoms with Crippen LogP contribution in [0.15, 0.2) is 65.7 Å². The maximum atomic E-state index is 13.4. The number of hydrogen-bond donors (Lipinski definition) is 1. The summed E-state index contributed by atoms with van der Waals surface area (Å²) in [6, 6.07) is 14.2. The van der Waals surface area contributed by atoms with Crippen LogP contribution in [0.25, 0.3) is 0 Å². The number of alkyl halides is 3. The Morgan fingerprint density at radius 2 is 1.55 bits per heavy atom. The molecule has 0 amide bonds. The number of piperidine rings is 1. The van der Waals surface area contributed by atoms with Crippen LogP contribution in [0.2, 0.25) is 0 Å². The van der Waals surface area contributed by atoms with Crippen molar-refractivity contribution in [1.82, 2.24) is 9.62 Å². The molecule has 2 aromatic carbocycles. The second kappa shape index (κ2) is 13.3. The minimum atomic E-state index is -4.38. The first-order valence-electron chi connectivity index (χ1n) is 13.8. The summed E-state index contributed by atoms with van der Waals surface area (Å²) in [5.74, 6) is 17.6. The van der Waals surface area contributed by atoms with Gasteiger partial charge in [0.25, 0.3) is 0 Å². The lowest BCUT2D eigenvalue weighted by atomic mass is 9.85. The molecule has 1 unspecified atom stereocenters. The van der Waals surface area contributed by atoms with E-state index in [2.05, 4.69) is 84.7 Å². The van der Waals surface area contributed by atoms with E-state index in [9.17, 15) is 13.2 Å². The van der Waals surface area contributed by atoms with Crippen LogP contribution in [0.3, 0.4) is 0 Å². The highest BCUT2D eigenvalue weighted by Gasteiger charge is 2.38. The van der Waals surface area contributed by atoms with Gasteiger partial charge < -0.3 is 4.90 Å². The van der Waals surface area contributed by atoms with Crippen LogP contribution in [0.1, 0.15) is 69.7 Å². The molecule has 1 heterocycles. The number of benzene rings is 2. The molecule has 224 valence electrons. The first-order valence-corrected chi connectivity index (χ1v) is 18.1. The van der Waals surface area contributed by atoms with Gasteiger partial charge in [-0.25, -0.2) is 0 Å². The number of halogens is 3. The monoisotopic (exact) mass is 594 g/mol. The lowest BCUT2D eigenvalue weighted by Crippen LogP contribution is -2.41. The molecule has 7 heteroatoms. The van der Waals surface area contributed by atoms with Crippen molar-refractivity contribution in [2.45, 2.75) is 75.7 Å². The SMILES string of the molecule is C=C(CC(NS(=C)(=C)C)c1ccc(C)cc1)N1CCC(C(C)(C)S(=C)(=C)c2cccc(C(F)(F)F)c2)CC1.CC. The molecule has 40 heavy (non-hydrogen) atoms. The third kappa shape index (κ3) is 8.46. The van der Waals surface area contributed by atoms with E-state index in [1.807, 2.05) is 20.1 Å². The summed E-state index contributed by atoms with van der Waals surface area (Å²) in [6.45, 7) is 16.5. The number of nitrogens with zero attached hydrogens (tertiary/aromatic N) is 1. The Morgan fingerprint density at radius 1 is 1.00 bits per heavy atom. The van der Waals surface area contributed by atoms with Crippen molar-refractivity contribution < 1.29 is 13.2 Å². The Hall–Kier alpha value is -2.09. The molecule has 1 aliphatic heterocycles. The summed E-state index contributed by atoms with van der Waals surface area (Å²) in [5.41, 5.74) is 2.85. The van der Waals surface area contributed by atoms with E-state index in [0.29, 0.717) is 10.8 Å². The van der Waals surface area contributed by atoms with Crippen molar-refractivity contribution >= 4 is 42.1 Å². The smallest absolute Gasteiger partial charge is 0.375 e. The molecule has 1 N–H and O–H groups in total. The Kier molecular flexibility index (Phi) is 11.3. The molecule has 1 atom stereocenters. The van der Waals surface area contributed by atoms with Gasteiger partial charge in [-0.1, -0.05) is 93.7 Å². The van der Waals surface area contributed by atoms with Crippen molar-refractivity contribution in [2.24, 2.45) is 5.92 Å². The number of hydrogen-bond acceptors (Lipinski definition) is 2. The van der Waals surface area contributed by atoms with E-state index < -0.39 is 30.3 Å². The lowest BCUT2D eigenvalue weighted by molar-refractivity contribution is -0.137. The molecular weight excluding hydrogens is 546 g/mol. The second-order valence-corrected chi connectivity index (χ2v) is 17.5. The fourth-order valence-electron chi connectivity index (χ4n) is 5.16. The first kappa shape index (κ1) is 34.1. The van der Waals surface area contributed by atoms with Crippen LogP contribution in [0, 0.1) is 12.8 Å². The topological polar surface area (TPSA) is 15.3 Å². The van der Waals surface area contributed by atoms with E-state index in [0.717, 1.165) is 44.1 Å². The van der Waals surface area contributed by atoms with Gasteiger partial charge >= 0.3 is 6.18 Å². The number of likely N-dealkylation sites (tertiary alicyclic amines) is 1. The molecule has 1 saturated heterocycles. The normalized spacial score (nSPS) is 16.2. The largest absolute Gasteiger partial charge is 0.416 e. The van der Waals surface area contributed by atoms with Crippen molar-refractivity contribution in [2.75, 3.05) is 19.3 Å². The molecule has 2 nitrogen and oxygen atoms in total. The van der Waals surface area contributed by atoms with Crippen molar-refractivity contribution in [3.63, 3.8) is 0 Å². The summed E-state index contributed by atoms with van der Waals surface area (Å²) < 4.78 is 43.4. The Balaban J connectivity index is 0.00000274. The van der Waals surface area contributed by atoms with Crippen molar-refractivity contribution in [3.8, 4) is 0 Å². The van der Waals surface area contributed by atoms with Crippen LogP contribution < -0.4 is 4.72 Å². The highest BCUT2D eigenvalue weighted by Crippen LogP contribution is 2.52. The van der Waals surface area contributed by atoms with Crippen LogP contribution >= 0.6 is 18.6 Å². The highest BCUT2D eigenvalue weighted by atomic mass is 32.2. The zero-order valence-electron chi connectivity index (χ0n) is 25.2. The van der Waals surface area contributed by atoms with Gasteiger partial charge in [0.1, 0.15) is 0 Å². The highest BCUT2D eigenvalue weighted by molar-refractivity contribution is 8.28. The molecular formula is C33H49F3N2S2. The van der Waals surface area contributed by atoms with Gasteiger partial charge in [0, 0.05) is 36.0 Å². The average molecular weight is 595 g/mol. The van der Waals surface area contributed by atoms with E-state index in [1.54, 1.807) is 6.07 Å². The van der Waals surface area contributed by atoms with Gasteiger partial charge in [-0.2, -0.15) is 31.8 Å². The van der Waals surface area contributed by atoms with Crippen molar-refractivity contribution in [3.05, 3.63) is 77.5 Å². The number of nitrogens with one attached hydrogen (secondary N) is 1. The standard InChI is InChI=1S/C31H43F3N2S2.C2H6/c1-23-13-15-25(16-14-23)29(35-37(5,6)7)21-24(2)36-19-17-26(18-20-36)30(3,4)38(8,9)28-12-10-11-27(22-28)31(32,33)34;1-2/h10-16,22,26,29,35H,2,5-6,8-9,17-21H2,1,3-4,7H3;1-2H3. The molecule has 1 fully saturated rings. The lowest BCUT2D eigenvalue weighted by Gasteiger charge is -2.46. The number of aryl methyl sites for hydroxylation is 1. The third-order valence-electron chi connectivity index (χ3n) is 7.89. The van der Waals surface area contributed by atoms with Gasteiger partial charge in [0.15, 0.2) is 0 Å². The zero-order valence-corrected chi connectivity index (χ0v) is 26.9. The Morgan fingerprint density at radius 3 is 2.05 bits per heavy atom. The minimum Gasteiger partial charge on any atom is -0.375 e. The summed E-state index contributed by atoms with van der Waals surface area (Å²) in [6.07, 6.45) is 0.255. The maximum absolute atomic E-state index is 13.4. The van der Waals surface area contributed by atoms with Crippen LogP contribution in [-0.4, -0.2) is 52.5 Å². The van der Waals surface area contributed by atoms with Crippen LogP contribution in [-0.2, 0) is 6.18 Å². The first-order chi connectivity index (χ1) is 18.4. The fraction of sp³-hybridized carbons (Fsp3) is 0.455. The van der Waals surface area contributed by atoms with Gasteiger partial charge in [0.2, 0.25) is 0 Å². The molecule has 0 spiro atoms. The molecule has 0 saturated carbocycles. The second-order valence-electron chi connectivity index (χ2n) is 11.4. The van der Waals surface area contributed by atoms with Crippen molar-refractivity contribution in [1.29, 1.82) is 0 Å². The van der Waals surface area contributed by atoms with E-state index in [1.165, 1.54) is 23.3 Å². The number of rotatable bonds is 9. The van der Waals surface area contributed by atoms with E-state index in [-0.39, 0.29) is 10.8 Å². The molecule has 0 bridgehead atoms. The molecule has 2 aromatic rings. The molecule has 0 radical (unpaired) electrons. The van der Waals surface area contributed by atoms with Crippen LogP contribution in [0.4, 0.5) is 13.2 Å². The summed E-state index contributed by atoms with van der Waals surface area (Å²) >= 11 is 0. The quantitative estimate of drug-likeness (QED) is 0.292.